The van der Waals surface area contributed by atoms with Crippen molar-refractivity contribution < 1.29 is 13.9 Å². The minimum Gasteiger partial charge on any atom is -0.497 e. The van der Waals surface area contributed by atoms with E-state index >= 15 is 0 Å². The van der Waals surface area contributed by atoms with Gasteiger partial charge in [-0.1, -0.05) is 24.3 Å². The van der Waals surface area contributed by atoms with Gasteiger partial charge in [0.1, 0.15) is 11.3 Å². The Morgan fingerprint density at radius 1 is 1.29 bits per heavy atom. The second-order valence-electron chi connectivity index (χ2n) is 7.14. The number of carbonyl (C=O) groups is 1. The first-order chi connectivity index (χ1) is 13.7. The van der Waals surface area contributed by atoms with E-state index in [0.29, 0.717) is 13.1 Å². The van der Waals surface area contributed by atoms with E-state index < -0.39 is 0 Å². The molecule has 3 aromatic rings. The van der Waals surface area contributed by atoms with E-state index in [1.54, 1.807) is 7.11 Å². The monoisotopic (exact) mass is 379 g/mol. The van der Waals surface area contributed by atoms with Gasteiger partial charge in [-0.05, 0) is 49.1 Å². The van der Waals surface area contributed by atoms with Crippen LogP contribution in [0, 0.1) is 0 Å². The van der Waals surface area contributed by atoms with E-state index in [0.717, 1.165) is 54.1 Å². The fourth-order valence-electron chi connectivity index (χ4n) is 3.68. The van der Waals surface area contributed by atoms with Crippen molar-refractivity contribution >= 4 is 17.1 Å². The second-order valence-corrected chi connectivity index (χ2v) is 7.14. The molecule has 1 aromatic heterocycles. The normalized spacial score (nSPS) is 16.9. The Morgan fingerprint density at radius 3 is 3.04 bits per heavy atom. The molecule has 2 aromatic carbocycles. The molecule has 1 unspecified atom stereocenters. The molecule has 2 heterocycles. The highest BCUT2D eigenvalue weighted by Crippen LogP contribution is 2.28. The van der Waals surface area contributed by atoms with Gasteiger partial charge in [0.2, 0.25) is 0 Å². The van der Waals surface area contributed by atoms with E-state index in [4.69, 9.17) is 9.15 Å². The Hall–Kier alpha value is -3.02. The highest BCUT2D eigenvalue weighted by molar-refractivity contribution is 5.74. The molecule has 1 fully saturated rings. The zero-order chi connectivity index (χ0) is 19.3. The number of methoxy groups -OCH3 is 1. The van der Waals surface area contributed by atoms with Crippen LogP contribution in [0.4, 0.5) is 4.79 Å². The standard InChI is InChI=1S/C22H25N3O3/c1-27-18-8-4-6-16(14-18)11-12-23-22(26)25-13-5-7-17(15-25)21-24-19-9-2-3-10-20(19)28-21/h2-4,6,8-10,14,17H,5,7,11-13,15H2,1H3,(H,23,26). The fraction of sp³-hybridized carbons (Fsp3) is 0.364. The summed E-state index contributed by atoms with van der Waals surface area (Å²) in [6, 6.07) is 15.7. The number of fused-ring (bicyclic) bond motifs is 1. The van der Waals surface area contributed by atoms with Gasteiger partial charge in [-0.25, -0.2) is 9.78 Å². The van der Waals surface area contributed by atoms with Crippen LogP contribution in [-0.2, 0) is 6.42 Å². The maximum Gasteiger partial charge on any atom is 0.317 e. The quantitative estimate of drug-likeness (QED) is 0.728. The molecule has 6 nitrogen and oxygen atoms in total. The smallest absolute Gasteiger partial charge is 0.317 e. The van der Waals surface area contributed by atoms with Crippen molar-refractivity contribution in [1.29, 1.82) is 0 Å². The van der Waals surface area contributed by atoms with E-state index in [1.165, 1.54) is 0 Å². The van der Waals surface area contributed by atoms with Gasteiger partial charge in [0.05, 0.1) is 13.0 Å². The summed E-state index contributed by atoms with van der Waals surface area (Å²) in [5.41, 5.74) is 2.82. The summed E-state index contributed by atoms with van der Waals surface area (Å²) in [4.78, 5) is 19.1. The van der Waals surface area contributed by atoms with Crippen molar-refractivity contribution in [3.8, 4) is 5.75 Å². The molecular weight excluding hydrogens is 354 g/mol. The van der Waals surface area contributed by atoms with Gasteiger partial charge in [-0.3, -0.25) is 0 Å². The zero-order valence-corrected chi connectivity index (χ0v) is 16.1. The van der Waals surface area contributed by atoms with Gasteiger partial charge < -0.3 is 19.4 Å². The molecule has 146 valence electrons. The predicted molar refractivity (Wildman–Crippen MR) is 108 cm³/mol. The largest absolute Gasteiger partial charge is 0.497 e. The number of urea groups is 1. The van der Waals surface area contributed by atoms with Crippen LogP contribution in [0.3, 0.4) is 0 Å². The summed E-state index contributed by atoms with van der Waals surface area (Å²) < 4.78 is 11.2. The first kappa shape index (κ1) is 18.3. The number of aromatic nitrogens is 1. The van der Waals surface area contributed by atoms with Crippen LogP contribution >= 0.6 is 0 Å². The van der Waals surface area contributed by atoms with E-state index in [1.807, 2.05) is 53.4 Å². The number of carbonyl (C=O) groups excluding carboxylic acids is 1. The molecule has 2 amide bonds. The lowest BCUT2D eigenvalue weighted by atomic mass is 9.98. The van der Waals surface area contributed by atoms with Gasteiger partial charge in [-0.15, -0.1) is 0 Å². The third kappa shape index (κ3) is 4.11. The summed E-state index contributed by atoms with van der Waals surface area (Å²) >= 11 is 0. The zero-order valence-electron chi connectivity index (χ0n) is 16.1. The molecule has 0 radical (unpaired) electrons. The van der Waals surface area contributed by atoms with Gasteiger partial charge in [0.15, 0.2) is 11.5 Å². The SMILES string of the molecule is COc1cccc(CCNC(=O)N2CCCC(c3nc4ccccc4o3)C2)c1. The molecule has 0 bridgehead atoms. The summed E-state index contributed by atoms with van der Waals surface area (Å²) in [7, 11) is 1.66. The van der Waals surface area contributed by atoms with E-state index in [-0.39, 0.29) is 11.9 Å². The molecule has 0 aliphatic carbocycles. The molecule has 1 aliphatic rings. The Bertz CT molecular complexity index is 920. The summed E-state index contributed by atoms with van der Waals surface area (Å²) in [5.74, 6) is 1.71. The summed E-state index contributed by atoms with van der Waals surface area (Å²) in [6.45, 7) is 2.00. The number of piperidine rings is 1. The van der Waals surface area contributed by atoms with Crippen molar-refractivity contribution in [2.45, 2.75) is 25.2 Å². The molecule has 0 saturated carbocycles. The summed E-state index contributed by atoms with van der Waals surface area (Å²) in [6.07, 6.45) is 2.71. The van der Waals surface area contributed by atoms with Gasteiger partial charge in [0.25, 0.3) is 0 Å². The number of amides is 2. The topological polar surface area (TPSA) is 67.6 Å². The number of para-hydroxylation sites is 2. The Labute approximate surface area is 164 Å². The molecule has 1 N–H and O–H groups in total. The number of likely N-dealkylation sites (tertiary alicyclic amines) is 1. The average molecular weight is 379 g/mol. The van der Waals surface area contributed by atoms with E-state index in [9.17, 15) is 4.79 Å². The Kier molecular flexibility index (Phi) is 5.46. The van der Waals surface area contributed by atoms with Gasteiger partial charge in [-0.2, -0.15) is 0 Å². The minimum atomic E-state index is -0.0243. The molecule has 1 saturated heterocycles. The molecule has 0 spiro atoms. The molecule has 1 atom stereocenters. The van der Waals surface area contributed by atoms with Crippen molar-refractivity contribution in [3.05, 3.63) is 60.0 Å². The highest BCUT2D eigenvalue weighted by Gasteiger charge is 2.27. The molecule has 1 aliphatic heterocycles. The number of hydrogen-bond donors (Lipinski definition) is 1. The third-order valence-corrected chi connectivity index (χ3v) is 5.19. The first-order valence-electron chi connectivity index (χ1n) is 9.74. The number of nitrogens with one attached hydrogen (secondary N) is 1. The lowest BCUT2D eigenvalue weighted by molar-refractivity contribution is 0.175. The molecule has 6 heteroatoms. The number of ether oxygens (including phenoxy) is 1. The highest BCUT2D eigenvalue weighted by atomic mass is 16.5. The van der Waals surface area contributed by atoms with Crippen molar-refractivity contribution in [3.63, 3.8) is 0 Å². The van der Waals surface area contributed by atoms with Crippen LogP contribution in [0.2, 0.25) is 0 Å². The predicted octanol–water partition coefficient (Wildman–Crippen LogP) is 3.97. The molecular formula is C22H25N3O3. The van der Waals surface area contributed by atoms with Crippen LogP contribution in [-0.4, -0.2) is 42.7 Å². The summed E-state index contributed by atoms with van der Waals surface area (Å²) in [5, 5.41) is 3.03. The lowest BCUT2D eigenvalue weighted by Gasteiger charge is -2.31. The fourth-order valence-corrected chi connectivity index (χ4v) is 3.68. The molecule has 4 rings (SSSR count). The van der Waals surface area contributed by atoms with Crippen molar-refractivity contribution in [1.82, 2.24) is 15.2 Å². The maximum absolute atomic E-state index is 12.6. The number of benzene rings is 2. The van der Waals surface area contributed by atoms with Gasteiger partial charge >= 0.3 is 6.03 Å². The van der Waals surface area contributed by atoms with Crippen LogP contribution in [0.25, 0.3) is 11.1 Å². The van der Waals surface area contributed by atoms with Crippen molar-refractivity contribution in [2.75, 3.05) is 26.7 Å². The average Bonchev–Trinajstić information content (AvgIpc) is 3.18. The van der Waals surface area contributed by atoms with Gasteiger partial charge in [0, 0.05) is 19.6 Å². The van der Waals surface area contributed by atoms with Crippen molar-refractivity contribution in [2.24, 2.45) is 0 Å². The number of hydrogen-bond acceptors (Lipinski definition) is 4. The Morgan fingerprint density at radius 2 is 2.18 bits per heavy atom. The maximum atomic E-state index is 12.6. The second kappa shape index (κ2) is 8.33. The van der Waals surface area contributed by atoms with Crippen LogP contribution in [0.1, 0.15) is 30.2 Å². The third-order valence-electron chi connectivity index (χ3n) is 5.19. The Balaban J connectivity index is 1.32. The van der Waals surface area contributed by atoms with Crippen LogP contribution < -0.4 is 10.1 Å². The number of nitrogens with zero attached hydrogens (tertiary/aromatic N) is 2. The minimum absolute atomic E-state index is 0.0243. The first-order valence-corrected chi connectivity index (χ1v) is 9.74. The lowest BCUT2D eigenvalue weighted by Crippen LogP contribution is -2.45. The van der Waals surface area contributed by atoms with Crippen LogP contribution in [0.15, 0.2) is 52.9 Å². The number of oxazole rings is 1. The molecule has 28 heavy (non-hydrogen) atoms. The van der Waals surface area contributed by atoms with E-state index in [2.05, 4.69) is 10.3 Å². The number of rotatable bonds is 5. The van der Waals surface area contributed by atoms with Crippen LogP contribution in [0.5, 0.6) is 5.75 Å².